The van der Waals surface area contributed by atoms with Gasteiger partial charge in [0.05, 0.1) is 40.2 Å². The van der Waals surface area contributed by atoms with E-state index in [4.69, 9.17) is 21.1 Å². The number of aryl methyl sites for hydroxylation is 1. The maximum Gasteiger partial charge on any atom is 0.417 e. The first-order chi connectivity index (χ1) is 15.2. The molecular weight excluding hydrogens is 445 g/mol. The molecule has 0 saturated carbocycles. The Hall–Kier alpha value is -2.51. The third-order valence-corrected chi connectivity index (χ3v) is 6.92. The van der Waals surface area contributed by atoms with Crippen LogP contribution in [0.5, 0.6) is 11.5 Å². The van der Waals surface area contributed by atoms with Gasteiger partial charge >= 0.3 is 6.18 Å². The number of aliphatic hydroxyl groups excluding tert-OH is 1. The highest BCUT2D eigenvalue weighted by Gasteiger charge is 2.59. The Morgan fingerprint density at radius 3 is 2.38 bits per heavy atom. The summed E-state index contributed by atoms with van der Waals surface area (Å²) < 4.78 is 50.4. The van der Waals surface area contributed by atoms with Crippen molar-refractivity contribution in [1.82, 2.24) is 0 Å². The molecule has 0 aromatic heterocycles. The number of fused-ring (bicyclic) bond motifs is 5. The average Bonchev–Trinajstić information content (AvgIpc) is 3.41. The number of aliphatic hydroxyl groups is 1. The number of Topliss-reactive ketones (excluding diaryl/α,β-unsaturated/α-hetero) is 1. The first kappa shape index (κ1) is 21.3. The lowest BCUT2D eigenvalue weighted by atomic mass is 9.80. The predicted molar refractivity (Wildman–Crippen MR) is 112 cm³/mol. The summed E-state index contributed by atoms with van der Waals surface area (Å²) in [7, 11) is 0. The molecule has 168 valence electrons. The lowest BCUT2D eigenvalue weighted by molar-refractivity contribution is -0.137. The van der Waals surface area contributed by atoms with Gasteiger partial charge in [-0.2, -0.15) is 13.2 Å². The predicted octanol–water partition coefficient (Wildman–Crippen LogP) is 6.36. The van der Waals surface area contributed by atoms with E-state index in [2.05, 4.69) is 0 Å². The zero-order valence-electron chi connectivity index (χ0n) is 17.1. The second kappa shape index (κ2) is 7.52. The van der Waals surface area contributed by atoms with Gasteiger partial charge in [0.25, 0.3) is 0 Å². The van der Waals surface area contributed by atoms with Gasteiger partial charge in [-0.1, -0.05) is 24.6 Å². The summed E-state index contributed by atoms with van der Waals surface area (Å²) in [5.74, 6) is -0.249. The van der Waals surface area contributed by atoms with Gasteiger partial charge in [0, 0.05) is 6.07 Å². The van der Waals surface area contributed by atoms with E-state index in [-0.39, 0.29) is 41.3 Å². The zero-order valence-corrected chi connectivity index (χ0v) is 17.8. The summed E-state index contributed by atoms with van der Waals surface area (Å²) in [6.45, 7) is 1.94. The topological polar surface area (TPSA) is 55.8 Å². The van der Waals surface area contributed by atoms with Crippen molar-refractivity contribution in [3.63, 3.8) is 0 Å². The number of ether oxygens (including phenoxy) is 2. The van der Waals surface area contributed by atoms with Crippen LogP contribution in [0.1, 0.15) is 36.5 Å². The molecule has 1 N–H and O–H groups in total. The number of alkyl halides is 3. The summed E-state index contributed by atoms with van der Waals surface area (Å²) in [6, 6.07) is 8.29. The van der Waals surface area contributed by atoms with E-state index in [1.807, 2.05) is 6.92 Å². The summed E-state index contributed by atoms with van der Waals surface area (Å²) in [5.41, 5.74) is 0.807. The van der Waals surface area contributed by atoms with Crippen LogP contribution in [0, 0.1) is 11.8 Å². The molecule has 2 aromatic carbocycles. The zero-order chi connectivity index (χ0) is 22.8. The quantitative estimate of drug-likeness (QED) is 0.572. The van der Waals surface area contributed by atoms with Crippen LogP contribution in [0.3, 0.4) is 0 Å². The van der Waals surface area contributed by atoms with Crippen LogP contribution in [-0.4, -0.2) is 23.1 Å². The Kier molecular flexibility index (Phi) is 5.02. The van der Waals surface area contributed by atoms with Crippen LogP contribution in [0.2, 0.25) is 5.02 Å². The summed E-state index contributed by atoms with van der Waals surface area (Å²) in [5, 5.41) is 10.5. The van der Waals surface area contributed by atoms with Crippen molar-refractivity contribution in [2.24, 2.45) is 11.8 Å². The van der Waals surface area contributed by atoms with Gasteiger partial charge in [-0.05, 0) is 54.7 Å². The van der Waals surface area contributed by atoms with Gasteiger partial charge in [-0.25, -0.2) is 0 Å². The van der Waals surface area contributed by atoms with Crippen LogP contribution in [0.15, 0.2) is 42.2 Å². The second-order valence-corrected chi connectivity index (χ2v) is 8.79. The Morgan fingerprint density at radius 2 is 1.75 bits per heavy atom. The first-order valence-electron chi connectivity index (χ1n) is 10.5. The fourth-order valence-electron chi connectivity index (χ4n) is 5.17. The van der Waals surface area contributed by atoms with Crippen LogP contribution in [-0.2, 0) is 22.1 Å². The highest BCUT2D eigenvalue weighted by Crippen LogP contribution is 2.54. The van der Waals surface area contributed by atoms with Gasteiger partial charge in [-0.3, -0.25) is 4.79 Å². The SMILES string of the molecule is CCc1ccc(Oc2ccc(C(F)(F)F)c(Cl)c2)cc1C1=C(O)[C@H]2[C@@H](C1=O)[C@@H]1CC[C@H]2O1. The number of benzene rings is 2. The third-order valence-electron chi connectivity index (χ3n) is 6.61. The fraction of sp³-hybridized carbons (Fsp3) is 0.375. The normalized spacial score (nSPS) is 26.7. The number of allylic oxidation sites excluding steroid dienone is 1. The number of ketones is 1. The van der Waals surface area contributed by atoms with Crippen molar-refractivity contribution >= 4 is 23.0 Å². The maximum atomic E-state index is 13.2. The molecule has 1 aliphatic carbocycles. The fourth-order valence-corrected chi connectivity index (χ4v) is 5.45. The van der Waals surface area contributed by atoms with Gasteiger partial charge in [0.2, 0.25) is 0 Å². The van der Waals surface area contributed by atoms with Crippen molar-refractivity contribution < 1.29 is 32.5 Å². The molecule has 4 nitrogen and oxygen atoms in total. The van der Waals surface area contributed by atoms with Gasteiger partial charge < -0.3 is 14.6 Å². The Labute approximate surface area is 187 Å². The van der Waals surface area contributed by atoms with E-state index in [0.29, 0.717) is 23.3 Å². The number of rotatable bonds is 4. The molecule has 2 saturated heterocycles. The van der Waals surface area contributed by atoms with Crippen LogP contribution < -0.4 is 4.74 Å². The minimum absolute atomic E-state index is 0.0663. The smallest absolute Gasteiger partial charge is 0.417 e. The molecule has 2 fully saturated rings. The maximum absolute atomic E-state index is 13.2. The molecule has 2 aromatic rings. The molecular formula is C24H20ClF3O4. The lowest BCUT2D eigenvalue weighted by Crippen LogP contribution is -2.29. The molecule has 2 heterocycles. The lowest BCUT2D eigenvalue weighted by Gasteiger charge is -2.19. The van der Waals surface area contributed by atoms with Gasteiger partial charge in [0.1, 0.15) is 17.3 Å². The highest BCUT2D eigenvalue weighted by atomic mass is 35.5. The van der Waals surface area contributed by atoms with Crippen LogP contribution >= 0.6 is 11.6 Å². The number of carbonyl (C=O) groups excluding carboxylic acids is 1. The van der Waals surface area contributed by atoms with Crippen molar-refractivity contribution in [3.8, 4) is 11.5 Å². The molecule has 0 amide bonds. The molecule has 32 heavy (non-hydrogen) atoms. The molecule has 8 heteroatoms. The van der Waals surface area contributed by atoms with E-state index in [1.165, 1.54) is 6.07 Å². The number of carbonyl (C=O) groups is 1. The van der Waals surface area contributed by atoms with Gasteiger partial charge in [-0.15, -0.1) is 0 Å². The summed E-state index contributed by atoms with van der Waals surface area (Å²) in [4.78, 5) is 13.2. The minimum Gasteiger partial charge on any atom is -0.511 e. The largest absolute Gasteiger partial charge is 0.511 e. The minimum atomic E-state index is -4.56. The number of hydrogen-bond donors (Lipinski definition) is 1. The monoisotopic (exact) mass is 464 g/mol. The average molecular weight is 465 g/mol. The number of hydrogen-bond acceptors (Lipinski definition) is 4. The highest BCUT2D eigenvalue weighted by molar-refractivity contribution is 6.31. The molecule has 5 rings (SSSR count). The van der Waals surface area contributed by atoms with Gasteiger partial charge in [0.15, 0.2) is 5.78 Å². The van der Waals surface area contributed by atoms with E-state index < -0.39 is 16.8 Å². The van der Waals surface area contributed by atoms with E-state index in [1.54, 1.807) is 18.2 Å². The Balaban J connectivity index is 1.49. The number of halogens is 4. The van der Waals surface area contributed by atoms with Crippen molar-refractivity contribution in [2.75, 3.05) is 0 Å². The summed E-state index contributed by atoms with van der Waals surface area (Å²) >= 11 is 5.79. The first-order valence-corrected chi connectivity index (χ1v) is 10.9. The molecule has 4 atom stereocenters. The van der Waals surface area contributed by atoms with Crippen LogP contribution in [0.4, 0.5) is 13.2 Å². The molecule has 2 aliphatic heterocycles. The summed E-state index contributed by atoms with van der Waals surface area (Å²) in [6.07, 6.45) is -2.57. The second-order valence-electron chi connectivity index (χ2n) is 8.38. The van der Waals surface area contributed by atoms with E-state index >= 15 is 0 Å². The van der Waals surface area contributed by atoms with E-state index in [9.17, 15) is 23.1 Å². The van der Waals surface area contributed by atoms with Crippen LogP contribution in [0.25, 0.3) is 5.57 Å². The van der Waals surface area contributed by atoms with E-state index in [0.717, 1.165) is 30.5 Å². The molecule has 2 bridgehead atoms. The standard InChI is InChI=1S/C24H20ClF3O4/c1-2-11-3-4-12(31-13-5-6-15(16(25)10-13)24(26,27)28)9-14(11)19-22(29)20-17-7-8-18(32-17)21(20)23(19)30/h3-6,9-10,17-18,20-21,29H,2,7-8H2,1H3/t17-,18+,20-,21+/m1/s1. The van der Waals surface area contributed by atoms with Crippen molar-refractivity contribution in [1.29, 1.82) is 0 Å². The third kappa shape index (κ3) is 3.30. The molecule has 3 aliphatic rings. The van der Waals surface area contributed by atoms with Crippen molar-refractivity contribution in [3.05, 3.63) is 63.9 Å². The molecule has 0 radical (unpaired) electrons. The van der Waals surface area contributed by atoms with Crippen molar-refractivity contribution in [2.45, 2.75) is 44.6 Å². The Morgan fingerprint density at radius 1 is 1.09 bits per heavy atom. The molecule has 0 unspecified atom stereocenters. The molecule has 0 spiro atoms. The Bertz CT molecular complexity index is 1140.